The lowest BCUT2D eigenvalue weighted by Gasteiger charge is -2.13. The van der Waals surface area contributed by atoms with Crippen LogP contribution in [0.25, 0.3) is 5.69 Å². The fraction of sp³-hybridized carbons (Fsp3) is 0.261. The van der Waals surface area contributed by atoms with Crippen LogP contribution in [0.2, 0.25) is 0 Å². The molecule has 0 spiro atoms. The monoisotopic (exact) mass is 407 g/mol. The Hall–Kier alpha value is -3.61. The Morgan fingerprint density at radius 3 is 2.27 bits per heavy atom. The van der Waals surface area contributed by atoms with Crippen LogP contribution in [0.5, 0.6) is 0 Å². The molecule has 7 heteroatoms. The number of para-hydroxylation sites is 1. The first-order valence-corrected chi connectivity index (χ1v) is 9.76. The van der Waals surface area contributed by atoms with Crippen LogP contribution in [0.4, 0.5) is 5.69 Å². The van der Waals surface area contributed by atoms with Crippen molar-refractivity contribution in [2.24, 2.45) is 7.05 Å². The summed E-state index contributed by atoms with van der Waals surface area (Å²) >= 11 is 0. The molecule has 0 unspecified atom stereocenters. The molecule has 0 aliphatic carbocycles. The van der Waals surface area contributed by atoms with Gasteiger partial charge in [0.25, 0.3) is 11.5 Å². The van der Waals surface area contributed by atoms with Crippen LogP contribution >= 0.6 is 0 Å². The van der Waals surface area contributed by atoms with E-state index >= 15 is 0 Å². The van der Waals surface area contributed by atoms with Gasteiger partial charge in [0, 0.05) is 13.5 Å². The second kappa shape index (κ2) is 9.26. The third-order valence-corrected chi connectivity index (χ3v) is 4.94. The highest BCUT2D eigenvalue weighted by atomic mass is 16.5. The third-order valence-electron chi connectivity index (χ3n) is 4.94. The van der Waals surface area contributed by atoms with E-state index in [9.17, 15) is 14.4 Å². The van der Waals surface area contributed by atoms with Crippen LogP contribution in [0.3, 0.4) is 0 Å². The number of anilines is 1. The molecule has 0 radical (unpaired) electrons. The lowest BCUT2D eigenvalue weighted by atomic mass is 10.1. The topological polar surface area (TPSA) is 82.3 Å². The zero-order valence-corrected chi connectivity index (χ0v) is 17.3. The number of aryl methyl sites for hydroxylation is 1. The molecule has 30 heavy (non-hydrogen) atoms. The fourth-order valence-corrected chi connectivity index (χ4v) is 3.14. The summed E-state index contributed by atoms with van der Waals surface area (Å²) in [6, 6.07) is 18.7. The first-order chi connectivity index (χ1) is 14.4. The van der Waals surface area contributed by atoms with E-state index in [1.54, 1.807) is 18.7 Å². The molecule has 3 aromatic rings. The van der Waals surface area contributed by atoms with Gasteiger partial charge in [0.1, 0.15) is 5.69 Å². The average molecular weight is 407 g/mol. The standard InChI is InChI=1S/C23H25N3O4/c1-16-21(23(29)26(25(16)3)19-12-8-5-9-13-19)24-22(28)17(2)30-20(27)15-14-18-10-6-4-7-11-18/h4-13,17H,14-15H2,1-3H3,(H,24,28)/t17-/m1/s1. The molecule has 7 nitrogen and oxygen atoms in total. The number of nitrogens with zero attached hydrogens (tertiary/aromatic N) is 2. The summed E-state index contributed by atoms with van der Waals surface area (Å²) in [5.41, 5.74) is 2.12. The maximum atomic E-state index is 12.9. The molecule has 156 valence electrons. The molecule has 1 N–H and O–H groups in total. The molecule has 1 aromatic heterocycles. The van der Waals surface area contributed by atoms with Gasteiger partial charge < -0.3 is 10.1 Å². The number of rotatable bonds is 7. The number of nitrogens with one attached hydrogen (secondary N) is 1. The molecule has 2 aromatic carbocycles. The molecule has 0 bridgehead atoms. The van der Waals surface area contributed by atoms with Crippen molar-refractivity contribution in [3.05, 3.63) is 82.3 Å². The number of hydrogen-bond donors (Lipinski definition) is 1. The highest BCUT2D eigenvalue weighted by Crippen LogP contribution is 2.14. The minimum absolute atomic E-state index is 0.165. The summed E-state index contributed by atoms with van der Waals surface area (Å²) in [5.74, 6) is -1.01. The van der Waals surface area contributed by atoms with Crippen molar-refractivity contribution < 1.29 is 14.3 Å². The van der Waals surface area contributed by atoms with E-state index in [0.717, 1.165) is 5.56 Å². The van der Waals surface area contributed by atoms with Crippen LogP contribution in [0.15, 0.2) is 65.5 Å². The summed E-state index contributed by atoms with van der Waals surface area (Å²) in [7, 11) is 1.74. The van der Waals surface area contributed by atoms with Gasteiger partial charge in [0.2, 0.25) is 0 Å². The van der Waals surface area contributed by atoms with Crippen molar-refractivity contribution in [3.63, 3.8) is 0 Å². The number of esters is 1. The number of ether oxygens (including phenoxy) is 1. The van der Waals surface area contributed by atoms with Crippen LogP contribution in [0.1, 0.15) is 24.6 Å². The number of carbonyl (C=O) groups is 2. The second-order valence-corrected chi connectivity index (χ2v) is 7.04. The van der Waals surface area contributed by atoms with E-state index in [-0.39, 0.29) is 17.7 Å². The fourth-order valence-electron chi connectivity index (χ4n) is 3.14. The molecule has 0 saturated carbocycles. The van der Waals surface area contributed by atoms with E-state index in [4.69, 9.17) is 4.74 Å². The lowest BCUT2D eigenvalue weighted by Crippen LogP contribution is -2.32. The van der Waals surface area contributed by atoms with Crippen LogP contribution < -0.4 is 10.9 Å². The predicted molar refractivity (Wildman–Crippen MR) is 115 cm³/mol. The van der Waals surface area contributed by atoms with E-state index in [0.29, 0.717) is 17.8 Å². The molecule has 0 aliphatic rings. The quantitative estimate of drug-likeness (QED) is 0.611. The van der Waals surface area contributed by atoms with Crippen molar-refractivity contribution in [3.8, 4) is 5.69 Å². The largest absolute Gasteiger partial charge is 0.453 e. The highest BCUT2D eigenvalue weighted by molar-refractivity contribution is 5.95. The Bertz CT molecular complexity index is 1080. The van der Waals surface area contributed by atoms with E-state index in [1.165, 1.54) is 11.6 Å². The van der Waals surface area contributed by atoms with Crippen LogP contribution in [0, 0.1) is 6.92 Å². The smallest absolute Gasteiger partial charge is 0.306 e. The van der Waals surface area contributed by atoms with E-state index in [2.05, 4.69) is 5.32 Å². The van der Waals surface area contributed by atoms with Gasteiger partial charge in [-0.15, -0.1) is 0 Å². The van der Waals surface area contributed by atoms with Crippen molar-refractivity contribution in [1.29, 1.82) is 0 Å². The molecular formula is C23H25N3O4. The molecule has 1 amide bonds. The van der Waals surface area contributed by atoms with Crippen molar-refractivity contribution in [2.45, 2.75) is 32.8 Å². The number of hydrogen-bond acceptors (Lipinski definition) is 4. The zero-order valence-electron chi connectivity index (χ0n) is 17.3. The number of carbonyl (C=O) groups excluding carboxylic acids is 2. The molecule has 1 heterocycles. The molecular weight excluding hydrogens is 382 g/mol. The third kappa shape index (κ3) is 4.68. The Kier molecular flexibility index (Phi) is 6.51. The first-order valence-electron chi connectivity index (χ1n) is 9.76. The maximum Gasteiger partial charge on any atom is 0.306 e. The van der Waals surface area contributed by atoms with E-state index in [1.807, 2.05) is 60.7 Å². The Labute approximate surface area is 174 Å². The van der Waals surface area contributed by atoms with Gasteiger partial charge in [-0.25, -0.2) is 4.68 Å². The molecule has 0 saturated heterocycles. The maximum absolute atomic E-state index is 12.9. The summed E-state index contributed by atoms with van der Waals surface area (Å²) < 4.78 is 8.39. The van der Waals surface area contributed by atoms with Gasteiger partial charge >= 0.3 is 5.97 Å². The van der Waals surface area contributed by atoms with Gasteiger partial charge in [-0.3, -0.25) is 19.1 Å². The SMILES string of the molecule is Cc1c(NC(=O)[C@@H](C)OC(=O)CCc2ccccc2)c(=O)n(-c2ccccc2)n1C. The summed E-state index contributed by atoms with van der Waals surface area (Å²) in [6.07, 6.45) is -0.308. The first kappa shape index (κ1) is 21.1. The second-order valence-electron chi connectivity index (χ2n) is 7.04. The van der Waals surface area contributed by atoms with Gasteiger partial charge in [-0.2, -0.15) is 0 Å². The minimum Gasteiger partial charge on any atom is -0.453 e. The van der Waals surface area contributed by atoms with Crippen LogP contribution in [-0.2, 0) is 27.8 Å². The minimum atomic E-state index is -1.02. The van der Waals surface area contributed by atoms with Gasteiger partial charge in [0.05, 0.1) is 11.4 Å². The normalized spacial score (nSPS) is 11.7. The predicted octanol–water partition coefficient (Wildman–Crippen LogP) is 2.99. The van der Waals surface area contributed by atoms with Gasteiger partial charge in [-0.05, 0) is 38.0 Å². The number of amides is 1. The summed E-state index contributed by atoms with van der Waals surface area (Å²) in [6.45, 7) is 3.23. The Morgan fingerprint density at radius 2 is 1.63 bits per heavy atom. The average Bonchev–Trinajstić information content (AvgIpc) is 2.96. The van der Waals surface area contributed by atoms with Crippen molar-refractivity contribution in [1.82, 2.24) is 9.36 Å². The van der Waals surface area contributed by atoms with E-state index < -0.39 is 18.0 Å². The van der Waals surface area contributed by atoms with Gasteiger partial charge in [-0.1, -0.05) is 48.5 Å². The molecule has 0 fully saturated rings. The van der Waals surface area contributed by atoms with Crippen molar-refractivity contribution in [2.75, 3.05) is 5.32 Å². The molecule has 1 atom stereocenters. The number of benzene rings is 2. The summed E-state index contributed by atoms with van der Waals surface area (Å²) in [5, 5.41) is 2.62. The van der Waals surface area contributed by atoms with Crippen LogP contribution in [-0.4, -0.2) is 27.3 Å². The molecule has 3 rings (SSSR count). The Morgan fingerprint density at radius 1 is 1.03 bits per heavy atom. The molecule has 0 aliphatic heterocycles. The Balaban J connectivity index is 1.65. The zero-order chi connectivity index (χ0) is 21.7. The highest BCUT2D eigenvalue weighted by Gasteiger charge is 2.23. The van der Waals surface area contributed by atoms with Crippen molar-refractivity contribution >= 4 is 17.6 Å². The lowest BCUT2D eigenvalue weighted by molar-refractivity contribution is -0.153. The van der Waals surface area contributed by atoms with Gasteiger partial charge in [0.15, 0.2) is 6.10 Å². The summed E-state index contributed by atoms with van der Waals surface area (Å²) in [4.78, 5) is 37.5. The number of aromatic nitrogens is 2.